The first-order valence-electron chi connectivity index (χ1n) is 12.5. The number of sulfonamides is 1. The second-order valence-electron chi connectivity index (χ2n) is 9.12. The molecule has 0 fully saturated rings. The molecule has 7 nitrogen and oxygen atoms in total. The number of halogens is 1. The largest absolute Gasteiger partial charge is 0.354 e. The number of rotatable bonds is 13. The van der Waals surface area contributed by atoms with Gasteiger partial charge in [-0.2, -0.15) is 4.31 Å². The minimum atomic E-state index is -3.76. The SMILES string of the molecule is CCCCNC(=O)[C@H](c1ccccc1)N(Cc1ccc(F)cc1)C(=O)CN(Cc1ccccc1)S(C)(=O)=O. The Morgan fingerprint density at radius 3 is 2.03 bits per heavy atom. The van der Waals surface area contributed by atoms with Crippen molar-refractivity contribution in [1.29, 1.82) is 0 Å². The first-order valence-corrected chi connectivity index (χ1v) is 14.4. The van der Waals surface area contributed by atoms with E-state index in [4.69, 9.17) is 0 Å². The Bertz CT molecular complexity index is 1290. The minimum absolute atomic E-state index is 0.00843. The number of nitrogens with one attached hydrogen (secondary N) is 1. The molecule has 202 valence electrons. The number of hydrogen-bond acceptors (Lipinski definition) is 4. The lowest BCUT2D eigenvalue weighted by Crippen LogP contribution is -2.47. The van der Waals surface area contributed by atoms with E-state index in [9.17, 15) is 22.4 Å². The maximum Gasteiger partial charge on any atom is 0.247 e. The number of amides is 2. The molecule has 2 amide bonds. The molecule has 3 aromatic carbocycles. The smallest absolute Gasteiger partial charge is 0.247 e. The van der Waals surface area contributed by atoms with E-state index in [1.165, 1.54) is 17.0 Å². The average molecular weight is 540 g/mol. The summed E-state index contributed by atoms with van der Waals surface area (Å²) in [6, 6.07) is 22.5. The third kappa shape index (κ3) is 8.49. The molecular weight excluding hydrogens is 505 g/mol. The molecule has 0 aliphatic rings. The molecule has 0 aromatic heterocycles. The van der Waals surface area contributed by atoms with E-state index < -0.39 is 34.3 Å². The maximum absolute atomic E-state index is 13.9. The van der Waals surface area contributed by atoms with Crippen LogP contribution in [0.4, 0.5) is 4.39 Å². The average Bonchev–Trinajstić information content (AvgIpc) is 2.90. The highest BCUT2D eigenvalue weighted by Gasteiger charge is 2.33. The Kier molecular flexibility index (Phi) is 10.6. The van der Waals surface area contributed by atoms with Gasteiger partial charge in [-0.05, 0) is 35.2 Å². The van der Waals surface area contributed by atoms with E-state index in [0.717, 1.165) is 29.0 Å². The van der Waals surface area contributed by atoms with E-state index in [2.05, 4.69) is 5.32 Å². The van der Waals surface area contributed by atoms with Crippen molar-refractivity contribution in [3.8, 4) is 0 Å². The number of nitrogens with zero attached hydrogens (tertiary/aromatic N) is 2. The van der Waals surface area contributed by atoms with Crippen molar-refractivity contribution in [2.75, 3.05) is 19.3 Å². The highest BCUT2D eigenvalue weighted by Crippen LogP contribution is 2.25. The summed E-state index contributed by atoms with van der Waals surface area (Å²) >= 11 is 0. The molecule has 0 aliphatic carbocycles. The van der Waals surface area contributed by atoms with Gasteiger partial charge in [0, 0.05) is 19.6 Å². The molecule has 0 spiro atoms. The zero-order valence-electron chi connectivity index (χ0n) is 21.7. The second kappa shape index (κ2) is 13.8. The number of carbonyl (C=O) groups excluding carboxylic acids is 2. The van der Waals surface area contributed by atoms with Gasteiger partial charge >= 0.3 is 0 Å². The fraction of sp³-hybridized carbons (Fsp3) is 0.310. The van der Waals surface area contributed by atoms with Crippen LogP contribution in [0.2, 0.25) is 0 Å². The molecule has 9 heteroatoms. The van der Waals surface area contributed by atoms with E-state index >= 15 is 0 Å². The van der Waals surface area contributed by atoms with Crippen LogP contribution >= 0.6 is 0 Å². The molecule has 38 heavy (non-hydrogen) atoms. The molecule has 1 atom stereocenters. The third-order valence-corrected chi connectivity index (χ3v) is 7.27. The fourth-order valence-electron chi connectivity index (χ4n) is 4.02. The van der Waals surface area contributed by atoms with Gasteiger partial charge in [0.25, 0.3) is 0 Å². The predicted molar refractivity (Wildman–Crippen MR) is 146 cm³/mol. The number of benzene rings is 3. The van der Waals surface area contributed by atoms with Crippen LogP contribution in [0.15, 0.2) is 84.9 Å². The number of hydrogen-bond donors (Lipinski definition) is 1. The van der Waals surface area contributed by atoms with Crippen molar-refractivity contribution in [2.45, 2.75) is 38.9 Å². The summed E-state index contributed by atoms with van der Waals surface area (Å²) in [5.41, 5.74) is 1.93. The van der Waals surface area contributed by atoms with Crippen LogP contribution in [-0.2, 0) is 32.7 Å². The first kappa shape index (κ1) is 29.0. The van der Waals surface area contributed by atoms with Crippen LogP contribution in [0, 0.1) is 5.82 Å². The Morgan fingerprint density at radius 1 is 0.868 bits per heavy atom. The van der Waals surface area contributed by atoms with Crippen molar-refractivity contribution in [3.05, 3.63) is 107 Å². The molecule has 3 aromatic rings. The molecule has 3 rings (SSSR count). The zero-order valence-corrected chi connectivity index (χ0v) is 22.5. The van der Waals surface area contributed by atoms with E-state index in [1.807, 2.05) is 19.1 Å². The van der Waals surface area contributed by atoms with Crippen molar-refractivity contribution in [2.24, 2.45) is 0 Å². The lowest BCUT2D eigenvalue weighted by Gasteiger charge is -2.33. The van der Waals surface area contributed by atoms with Gasteiger partial charge in [0.2, 0.25) is 21.8 Å². The van der Waals surface area contributed by atoms with E-state index in [1.54, 1.807) is 60.7 Å². The molecule has 0 bridgehead atoms. The fourth-order valence-corrected chi connectivity index (χ4v) is 4.75. The summed E-state index contributed by atoms with van der Waals surface area (Å²) in [4.78, 5) is 28.7. The summed E-state index contributed by atoms with van der Waals surface area (Å²) in [5, 5.41) is 2.91. The molecule has 0 radical (unpaired) electrons. The monoisotopic (exact) mass is 539 g/mol. The molecular formula is C29H34FN3O4S. The highest BCUT2D eigenvalue weighted by molar-refractivity contribution is 7.88. The van der Waals surface area contributed by atoms with Crippen LogP contribution in [0.25, 0.3) is 0 Å². The van der Waals surface area contributed by atoms with Gasteiger partial charge in [0.05, 0.1) is 12.8 Å². The van der Waals surface area contributed by atoms with Crippen molar-refractivity contribution in [1.82, 2.24) is 14.5 Å². The van der Waals surface area contributed by atoms with Gasteiger partial charge in [0.1, 0.15) is 11.9 Å². The molecule has 0 saturated heterocycles. The van der Waals surface area contributed by atoms with E-state index in [0.29, 0.717) is 17.7 Å². The zero-order chi connectivity index (χ0) is 27.5. The summed E-state index contributed by atoms with van der Waals surface area (Å²) in [5.74, 6) is -1.33. The standard InChI is InChI=1S/C29H34FN3O4S/c1-3-4-19-31-29(35)28(25-13-9-6-10-14-25)33(21-24-15-17-26(30)18-16-24)27(34)22-32(38(2,36)37)20-23-11-7-5-8-12-23/h5-18,28H,3-4,19-22H2,1-2H3,(H,31,35)/t28-/m0/s1. The Hall–Kier alpha value is -3.56. The molecule has 0 aliphatic heterocycles. The normalized spacial score (nSPS) is 12.2. The number of unbranched alkanes of at least 4 members (excludes halogenated alkanes) is 1. The third-order valence-electron chi connectivity index (χ3n) is 6.07. The van der Waals surface area contributed by atoms with Gasteiger partial charge in [-0.1, -0.05) is 86.1 Å². The van der Waals surface area contributed by atoms with Crippen molar-refractivity contribution in [3.63, 3.8) is 0 Å². The van der Waals surface area contributed by atoms with Crippen LogP contribution in [-0.4, -0.2) is 48.8 Å². The maximum atomic E-state index is 13.9. The van der Waals surface area contributed by atoms with Gasteiger partial charge in [0.15, 0.2) is 0 Å². The van der Waals surface area contributed by atoms with E-state index in [-0.39, 0.29) is 19.0 Å². The summed E-state index contributed by atoms with van der Waals surface area (Å²) in [7, 11) is -3.76. The van der Waals surface area contributed by atoms with Gasteiger partial charge in [-0.25, -0.2) is 12.8 Å². The van der Waals surface area contributed by atoms with Crippen LogP contribution in [0.3, 0.4) is 0 Å². The quantitative estimate of drug-likeness (QED) is 0.329. The summed E-state index contributed by atoms with van der Waals surface area (Å²) in [6.07, 6.45) is 2.72. The highest BCUT2D eigenvalue weighted by atomic mass is 32.2. The van der Waals surface area contributed by atoms with Crippen molar-refractivity contribution >= 4 is 21.8 Å². The second-order valence-corrected chi connectivity index (χ2v) is 11.1. The molecule has 1 N–H and O–H groups in total. The Balaban J connectivity index is 1.99. The summed E-state index contributed by atoms with van der Waals surface area (Å²) in [6.45, 7) is 2.00. The Morgan fingerprint density at radius 2 is 1.45 bits per heavy atom. The first-order chi connectivity index (χ1) is 18.2. The van der Waals surface area contributed by atoms with Crippen LogP contribution < -0.4 is 5.32 Å². The topological polar surface area (TPSA) is 86.8 Å². The molecule has 0 unspecified atom stereocenters. The van der Waals surface area contributed by atoms with Gasteiger partial charge < -0.3 is 10.2 Å². The predicted octanol–water partition coefficient (Wildman–Crippen LogP) is 4.27. The van der Waals surface area contributed by atoms with Crippen LogP contribution in [0.5, 0.6) is 0 Å². The summed E-state index contributed by atoms with van der Waals surface area (Å²) < 4.78 is 40.0. The lowest BCUT2D eigenvalue weighted by molar-refractivity contribution is -0.141. The van der Waals surface area contributed by atoms with Crippen molar-refractivity contribution < 1.29 is 22.4 Å². The molecule has 0 heterocycles. The Labute approximate surface area is 224 Å². The van der Waals surface area contributed by atoms with Gasteiger partial charge in [-0.3, -0.25) is 9.59 Å². The van der Waals surface area contributed by atoms with Gasteiger partial charge in [-0.15, -0.1) is 0 Å². The molecule has 0 saturated carbocycles. The van der Waals surface area contributed by atoms with Crippen LogP contribution in [0.1, 0.15) is 42.5 Å². The minimum Gasteiger partial charge on any atom is -0.354 e. The number of carbonyl (C=O) groups is 2. The lowest BCUT2D eigenvalue weighted by atomic mass is 10.0.